The lowest BCUT2D eigenvalue weighted by atomic mass is 10.2. The summed E-state index contributed by atoms with van der Waals surface area (Å²) in [5.74, 6) is -1.42. The number of aryl methyl sites for hydroxylation is 1. The van der Waals surface area contributed by atoms with E-state index in [-0.39, 0.29) is 5.69 Å². The molecule has 0 aromatic carbocycles. The van der Waals surface area contributed by atoms with E-state index in [0.29, 0.717) is 0 Å². The quantitative estimate of drug-likeness (QED) is 0.835. The normalized spacial score (nSPS) is 10.6. The van der Waals surface area contributed by atoms with Gasteiger partial charge in [0.25, 0.3) is 6.43 Å². The maximum absolute atomic E-state index is 12.3. The summed E-state index contributed by atoms with van der Waals surface area (Å²) in [6.45, 7) is 1.43. The molecule has 1 rings (SSSR count). The molecule has 1 heterocycles. The Bertz CT molecular complexity index is 382. The van der Waals surface area contributed by atoms with Crippen LogP contribution in [0.5, 0.6) is 0 Å². The molecule has 76 valence electrons. The fourth-order valence-electron chi connectivity index (χ4n) is 0.983. The molecule has 0 unspecified atom stereocenters. The molecule has 0 saturated carbocycles. The molecule has 1 N–H and O–H groups in total. The number of rotatable bonds is 2. The van der Waals surface area contributed by atoms with Crippen molar-refractivity contribution in [1.29, 1.82) is 0 Å². The number of hydrogen-bond donors (Lipinski definition) is 1. The molecule has 0 amide bonds. The maximum Gasteiger partial charge on any atom is 0.356 e. The van der Waals surface area contributed by atoms with Gasteiger partial charge < -0.3 is 5.11 Å². The van der Waals surface area contributed by atoms with Crippen molar-refractivity contribution >= 4 is 17.6 Å². The molecule has 0 radical (unpaired) electrons. The minimum Gasteiger partial charge on any atom is -0.476 e. The molecular formula is C8H6ClF2NO2. The van der Waals surface area contributed by atoms with Gasteiger partial charge in [-0.05, 0) is 13.0 Å². The fourth-order valence-corrected chi connectivity index (χ4v) is 1.24. The van der Waals surface area contributed by atoms with E-state index < -0.39 is 28.7 Å². The third-order valence-electron chi connectivity index (χ3n) is 1.55. The lowest BCUT2D eigenvalue weighted by molar-refractivity contribution is 0.0690. The third kappa shape index (κ3) is 1.98. The molecular weight excluding hydrogens is 216 g/mol. The van der Waals surface area contributed by atoms with Gasteiger partial charge in [-0.25, -0.2) is 18.6 Å². The molecule has 0 aliphatic heterocycles. The standard InChI is InChI=1S/C8H6ClF2NO2/c1-3-2-4(7(10)11)5(9)6(12-3)8(13)14/h2,7H,1H3,(H,13,14). The van der Waals surface area contributed by atoms with Crippen molar-refractivity contribution in [3.05, 3.63) is 28.0 Å². The van der Waals surface area contributed by atoms with E-state index in [9.17, 15) is 13.6 Å². The summed E-state index contributed by atoms with van der Waals surface area (Å²) in [5, 5.41) is 8.10. The lowest BCUT2D eigenvalue weighted by Crippen LogP contribution is -2.05. The summed E-state index contributed by atoms with van der Waals surface area (Å²) in [6.07, 6.45) is -2.80. The minimum absolute atomic E-state index is 0.196. The van der Waals surface area contributed by atoms with Crippen LogP contribution in [-0.2, 0) is 0 Å². The Morgan fingerprint density at radius 2 is 2.21 bits per heavy atom. The second kappa shape index (κ2) is 3.88. The third-order valence-corrected chi connectivity index (χ3v) is 1.95. The molecule has 0 saturated heterocycles. The molecule has 1 aromatic heterocycles. The molecule has 0 aliphatic carbocycles. The second-order valence-corrected chi connectivity index (χ2v) is 3.00. The number of hydrogen-bond acceptors (Lipinski definition) is 2. The highest BCUT2D eigenvalue weighted by Gasteiger charge is 2.20. The van der Waals surface area contributed by atoms with Gasteiger partial charge in [-0.3, -0.25) is 0 Å². The average Bonchev–Trinajstić information content (AvgIpc) is 2.07. The van der Waals surface area contributed by atoms with Crippen LogP contribution in [0.2, 0.25) is 5.02 Å². The first-order chi connectivity index (χ1) is 6.43. The molecule has 0 fully saturated rings. The molecule has 6 heteroatoms. The van der Waals surface area contributed by atoms with Gasteiger partial charge in [0, 0.05) is 11.3 Å². The highest BCUT2D eigenvalue weighted by Crippen LogP contribution is 2.29. The Balaban J connectivity index is 3.40. The Morgan fingerprint density at radius 3 is 2.64 bits per heavy atom. The first-order valence-electron chi connectivity index (χ1n) is 3.62. The van der Waals surface area contributed by atoms with Crippen LogP contribution >= 0.6 is 11.6 Å². The predicted octanol–water partition coefficient (Wildman–Crippen LogP) is 2.68. The van der Waals surface area contributed by atoms with Crippen molar-refractivity contribution in [2.45, 2.75) is 13.3 Å². The zero-order chi connectivity index (χ0) is 10.9. The maximum atomic E-state index is 12.3. The van der Waals surface area contributed by atoms with Gasteiger partial charge in [-0.2, -0.15) is 0 Å². The van der Waals surface area contributed by atoms with Gasteiger partial charge >= 0.3 is 5.97 Å². The highest BCUT2D eigenvalue weighted by molar-refractivity contribution is 6.34. The number of carbonyl (C=O) groups is 1. The monoisotopic (exact) mass is 221 g/mol. The van der Waals surface area contributed by atoms with Crippen molar-refractivity contribution in [1.82, 2.24) is 4.98 Å². The number of aromatic carboxylic acids is 1. The summed E-state index contributed by atoms with van der Waals surface area (Å²) in [7, 11) is 0. The van der Waals surface area contributed by atoms with Crippen LogP contribution in [0.15, 0.2) is 6.07 Å². The summed E-state index contributed by atoms with van der Waals surface area (Å²) < 4.78 is 24.7. The number of pyridine rings is 1. The number of carboxylic acids is 1. The van der Waals surface area contributed by atoms with Crippen molar-refractivity contribution in [3.63, 3.8) is 0 Å². The summed E-state index contributed by atoms with van der Waals surface area (Å²) in [4.78, 5) is 14.1. The topological polar surface area (TPSA) is 50.2 Å². The Kier molecular flexibility index (Phi) is 3.00. The van der Waals surface area contributed by atoms with Crippen molar-refractivity contribution < 1.29 is 18.7 Å². The first-order valence-corrected chi connectivity index (χ1v) is 3.99. The lowest BCUT2D eigenvalue weighted by Gasteiger charge is -2.06. The molecule has 1 aromatic rings. The first kappa shape index (κ1) is 10.8. The van der Waals surface area contributed by atoms with Crippen molar-refractivity contribution in [3.8, 4) is 0 Å². The highest BCUT2D eigenvalue weighted by atomic mass is 35.5. The summed E-state index contributed by atoms with van der Waals surface area (Å²) in [6, 6.07) is 1.07. The van der Waals surface area contributed by atoms with Crippen LogP contribution in [0.25, 0.3) is 0 Å². The van der Waals surface area contributed by atoms with Gasteiger partial charge in [-0.15, -0.1) is 0 Å². The average molecular weight is 222 g/mol. The van der Waals surface area contributed by atoms with Crippen LogP contribution in [0.3, 0.4) is 0 Å². The summed E-state index contributed by atoms with van der Waals surface area (Å²) in [5.41, 5.74) is -0.847. The van der Waals surface area contributed by atoms with E-state index in [1.165, 1.54) is 6.92 Å². The van der Waals surface area contributed by atoms with Crippen LogP contribution in [0, 0.1) is 6.92 Å². The van der Waals surface area contributed by atoms with Crippen molar-refractivity contribution in [2.75, 3.05) is 0 Å². The number of aromatic nitrogens is 1. The van der Waals surface area contributed by atoms with Gasteiger partial charge in [-0.1, -0.05) is 11.6 Å². The fraction of sp³-hybridized carbons (Fsp3) is 0.250. The number of alkyl halides is 2. The molecule has 0 atom stereocenters. The van der Waals surface area contributed by atoms with Gasteiger partial charge in [0.15, 0.2) is 5.69 Å². The zero-order valence-corrected chi connectivity index (χ0v) is 7.85. The number of nitrogens with zero attached hydrogens (tertiary/aromatic N) is 1. The van der Waals surface area contributed by atoms with Crippen LogP contribution in [0.4, 0.5) is 8.78 Å². The largest absolute Gasteiger partial charge is 0.476 e. The van der Waals surface area contributed by atoms with Gasteiger partial charge in [0.05, 0.1) is 5.02 Å². The zero-order valence-electron chi connectivity index (χ0n) is 7.09. The molecule has 3 nitrogen and oxygen atoms in total. The van der Waals surface area contributed by atoms with Crippen LogP contribution in [-0.4, -0.2) is 16.1 Å². The predicted molar refractivity (Wildman–Crippen MR) is 45.9 cm³/mol. The Hall–Kier alpha value is -1.23. The van der Waals surface area contributed by atoms with E-state index >= 15 is 0 Å². The SMILES string of the molecule is Cc1cc(C(F)F)c(Cl)c(C(=O)O)n1. The van der Waals surface area contributed by atoms with Crippen LogP contribution in [0.1, 0.15) is 28.2 Å². The number of carboxylic acid groups (broad SMARTS) is 1. The minimum atomic E-state index is -2.80. The molecule has 0 aliphatic rings. The Morgan fingerprint density at radius 1 is 1.64 bits per heavy atom. The van der Waals surface area contributed by atoms with Crippen molar-refractivity contribution in [2.24, 2.45) is 0 Å². The number of halogens is 3. The van der Waals surface area contributed by atoms with E-state index in [1.54, 1.807) is 0 Å². The smallest absolute Gasteiger partial charge is 0.356 e. The summed E-state index contributed by atoms with van der Waals surface area (Å²) >= 11 is 5.45. The van der Waals surface area contributed by atoms with E-state index in [1.807, 2.05) is 0 Å². The van der Waals surface area contributed by atoms with Gasteiger partial charge in [0.2, 0.25) is 0 Å². The van der Waals surface area contributed by atoms with E-state index in [4.69, 9.17) is 16.7 Å². The van der Waals surface area contributed by atoms with E-state index in [0.717, 1.165) is 6.07 Å². The molecule has 0 spiro atoms. The Labute approximate surface area is 83.3 Å². The van der Waals surface area contributed by atoms with Crippen LogP contribution < -0.4 is 0 Å². The second-order valence-electron chi connectivity index (χ2n) is 2.62. The van der Waals surface area contributed by atoms with Gasteiger partial charge in [0.1, 0.15) is 0 Å². The van der Waals surface area contributed by atoms with E-state index in [2.05, 4.69) is 4.98 Å². The molecule has 14 heavy (non-hydrogen) atoms. The molecule has 0 bridgehead atoms.